The molecular formula is C7H13NO. The second-order valence-corrected chi connectivity index (χ2v) is 2.58. The third-order valence-corrected chi connectivity index (χ3v) is 1.88. The predicted octanol–water partition coefficient (Wildman–Crippen LogP) is 1.81. The standard InChI is InChI=1S/C7H13NO/c1-8-9-6-7-4-2-3-5-7/h7H,1-6H2. The van der Waals surface area contributed by atoms with Gasteiger partial charge in [-0.15, -0.1) is 5.16 Å². The Morgan fingerprint density at radius 3 is 2.67 bits per heavy atom. The van der Waals surface area contributed by atoms with E-state index in [1.165, 1.54) is 25.7 Å². The Balaban J connectivity index is 2.04. The van der Waals surface area contributed by atoms with Gasteiger partial charge in [-0.1, -0.05) is 12.8 Å². The van der Waals surface area contributed by atoms with Crippen LogP contribution in [0.4, 0.5) is 0 Å². The van der Waals surface area contributed by atoms with E-state index in [1.807, 2.05) is 0 Å². The molecule has 0 radical (unpaired) electrons. The fraction of sp³-hybridized carbons (Fsp3) is 0.857. The predicted molar refractivity (Wildman–Crippen MR) is 37.5 cm³/mol. The zero-order chi connectivity index (χ0) is 6.53. The Bertz CT molecular complexity index is 86.9. The summed E-state index contributed by atoms with van der Waals surface area (Å²) < 4.78 is 0. The van der Waals surface area contributed by atoms with Gasteiger partial charge in [0.15, 0.2) is 0 Å². The van der Waals surface area contributed by atoms with Gasteiger partial charge >= 0.3 is 0 Å². The Labute approximate surface area is 55.9 Å². The highest BCUT2D eigenvalue weighted by atomic mass is 16.6. The maximum absolute atomic E-state index is 4.83. The molecule has 0 bridgehead atoms. The lowest BCUT2D eigenvalue weighted by Gasteiger charge is -2.04. The molecule has 0 unspecified atom stereocenters. The molecule has 0 N–H and O–H groups in total. The van der Waals surface area contributed by atoms with Crippen LogP contribution in [0, 0.1) is 5.92 Å². The quantitative estimate of drug-likeness (QED) is 0.418. The molecule has 0 amide bonds. The van der Waals surface area contributed by atoms with E-state index in [1.54, 1.807) is 0 Å². The van der Waals surface area contributed by atoms with Crippen molar-refractivity contribution in [3.8, 4) is 0 Å². The molecular weight excluding hydrogens is 114 g/mol. The van der Waals surface area contributed by atoms with Gasteiger partial charge < -0.3 is 4.84 Å². The van der Waals surface area contributed by atoms with E-state index in [-0.39, 0.29) is 0 Å². The number of hydrogen-bond acceptors (Lipinski definition) is 2. The minimum atomic E-state index is 0.760. The summed E-state index contributed by atoms with van der Waals surface area (Å²) in [5, 5.41) is 3.35. The average Bonchev–Trinajstić information content (AvgIpc) is 2.34. The second-order valence-electron chi connectivity index (χ2n) is 2.58. The molecule has 52 valence electrons. The van der Waals surface area contributed by atoms with Crippen molar-refractivity contribution in [3.63, 3.8) is 0 Å². The number of oxime groups is 1. The zero-order valence-electron chi connectivity index (χ0n) is 5.68. The van der Waals surface area contributed by atoms with Crippen LogP contribution in [0.2, 0.25) is 0 Å². The topological polar surface area (TPSA) is 21.6 Å². The van der Waals surface area contributed by atoms with Crippen LogP contribution < -0.4 is 0 Å². The minimum Gasteiger partial charge on any atom is -0.396 e. The van der Waals surface area contributed by atoms with Gasteiger partial charge in [0.2, 0.25) is 0 Å². The fourth-order valence-corrected chi connectivity index (χ4v) is 1.34. The van der Waals surface area contributed by atoms with Gasteiger partial charge in [-0.2, -0.15) is 0 Å². The largest absolute Gasteiger partial charge is 0.396 e. The average molecular weight is 127 g/mol. The van der Waals surface area contributed by atoms with Crippen molar-refractivity contribution in [2.45, 2.75) is 25.7 Å². The van der Waals surface area contributed by atoms with Gasteiger partial charge in [0.05, 0.1) is 0 Å². The molecule has 1 fully saturated rings. The van der Waals surface area contributed by atoms with Crippen LogP contribution in [-0.4, -0.2) is 13.3 Å². The first kappa shape index (κ1) is 6.59. The van der Waals surface area contributed by atoms with Gasteiger partial charge in [0.1, 0.15) is 6.61 Å². The molecule has 2 nitrogen and oxygen atoms in total. The van der Waals surface area contributed by atoms with E-state index in [9.17, 15) is 0 Å². The molecule has 0 saturated heterocycles. The maximum Gasteiger partial charge on any atom is 0.119 e. The summed E-state index contributed by atoms with van der Waals surface area (Å²) in [6.07, 6.45) is 5.36. The van der Waals surface area contributed by atoms with E-state index in [2.05, 4.69) is 11.9 Å². The molecule has 0 aromatic heterocycles. The zero-order valence-corrected chi connectivity index (χ0v) is 5.68. The number of hydrogen-bond donors (Lipinski definition) is 0. The minimum absolute atomic E-state index is 0.760. The van der Waals surface area contributed by atoms with Crippen LogP contribution in [0.1, 0.15) is 25.7 Å². The molecule has 1 aliphatic rings. The monoisotopic (exact) mass is 127 g/mol. The molecule has 0 atom stereocenters. The summed E-state index contributed by atoms with van der Waals surface area (Å²) in [6.45, 7) is 4.03. The normalized spacial score (nSPS) is 20.0. The third-order valence-electron chi connectivity index (χ3n) is 1.88. The van der Waals surface area contributed by atoms with Crippen molar-refractivity contribution in [2.75, 3.05) is 6.61 Å². The lowest BCUT2D eigenvalue weighted by atomic mass is 10.1. The molecule has 0 aromatic rings. The lowest BCUT2D eigenvalue weighted by molar-refractivity contribution is 0.111. The first-order valence-electron chi connectivity index (χ1n) is 3.51. The van der Waals surface area contributed by atoms with Crippen molar-refractivity contribution < 1.29 is 4.84 Å². The van der Waals surface area contributed by atoms with Crippen LogP contribution in [0.3, 0.4) is 0 Å². The molecule has 9 heavy (non-hydrogen) atoms. The summed E-state index contributed by atoms with van der Waals surface area (Å²) in [5.74, 6) is 0.760. The highest BCUT2D eigenvalue weighted by Crippen LogP contribution is 2.24. The molecule has 0 aromatic carbocycles. The summed E-state index contributed by atoms with van der Waals surface area (Å²) in [4.78, 5) is 4.83. The summed E-state index contributed by atoms with van der Waals surface area (Å²) >= 11 is 0. The highest BCUT2D eigenvalue weighted by molar-refractivity contribution is 5.21. The SMILES string of the molecule is C=NOCC1CCCC1. The first-order valence-corrected chi connectivity index (χ1v) is 3.51. The van der Waals surface area contributed by atoms with Crippen molar-refractivity contribution in [2.24, 2.45) is 11.1 Å². The molecule has 0 spiro atoms. The Kier molecular flexibility index (Phi) is 2.55. The van der Waals surface area contributed by atoms with Crippen LogP contribution in [0.25, 0.3) is 0 Å². The van der Waals surface area contributed by atoms with Crippen molar-refractivity contribution in [3.05, 3.63) is 0 Å². The van der Waals surface area contributed by atoms with Crippen LogP contribution in [0.15, 0.2) is 5.16 Å². The second kappa shape index (κ2) is 3.49. The van der Waals surface area contributed by atoms with E-state index in [0.717, 1.165) is 12.5 Å². The van der Waals surface area contributed by atoms with Crippen molar-refractivity contribution in [1.29, 1.82) is 0 Å². The van der Waals surface area contributed by atoms with Crippen molar-refractivity contribution >= 4 is 6.72 Å². The van der Waals surface area contributed by atoms with E-state index >= 15 is 0 Å². The van der Waals surface area contributed by atoms with Gasteiger partial charge in [-0.3, -0.25) is 0 Å². The van der Waals surface area contributed by atoms with E-state index in [0.29, 0.717) is 0 Å². The summed E-state index contributed by atoms with van der Waals surface area (Å²) in [7, 11) is 0. The van der Waals surface area contributed by atoms with Gasteiger partial charge in [0.25, 0.3) is 0 Å². The fourth-order valence-electron chi connectivity index (χ4n) is 1.34. The Morgan fingerprint density at radius 1 is 1.44 bits per heavy atom. The van der Waals surface area contributed by atoms with Crippen LogP contribution in [-0.2, 0) is 4.84 Å². The molecule has 1 aliphatic carbocycles. The van der Waals surface area contributed by atoms with E-state index in [4.69, 9.17) is 4.84 Å². The molecule has 0 aliphatic heterocycles. The van der Waals surface area contributed by atoms with Gasteiger partial charge in [-0.05, 0) is 18.8 Å². The summed E-state index contributed by atoms with van der Waals surface area (Å²) in [5.41, 5.74) is 0. The van der Waals surface area contributed by atoms with Crippen LogP contribution in [0.5, 0.6) is 0 Å². The first-order chi connectivity index (χ1) is 4.43. The maximum atomic E-state index is 4.83. The smallest absolute Gasteiger partial charge is 0.119 e. The van der Waals surface area contributed by atoms with Crippen LogP contribution >= 0.6 is 0 Å². The molecule has 1 saturated carbocycles. The van der Waals surface area contributed by atoms with Crippen molar-refractivity contribution in [1.82, 2.24) is 0 Å². The third kappa shape index (κ3) is 2.04. The Hall–Kier alpha value is -0.530. The molecule has 1 rings (SSSR count). The Morgan fingerprint density at radius 2 is 2.11 bits per heavy atom. The highest BCUT2D eigenvalue weighted by Gasteiger charge is 2.14. The van der Waals surface area contributed by atoms with Gasteiger partial charge in [-0.25, -0.2) is 0 Å². The van der Waals surface area contributed by atoms with Gasteiger partial charge in [0, 0.05) is 6.72 Å². The summed E-state index contributed by atoms with van der Waals surface area (Å²) in [6, 6.07) is 0. The lowest BCUT2D eigenvalue weighted by Crippen LogP contribution is -2.00. The molecule has 0 heterocycles. The van der Waals surface area contributed by atoms with E-state index < -0.39 is 0 Å². The number of nitrogens with zero attached hydrogens (tertiary/aromatic N) is 1. The number of rotatable bonds is 3. The molecule has 2 heteroatoms.